The van der Waals surface area contributed by atoms with Gasteiger partial charge in [0.25, 0.3) is 0 Å². The maximum absolute atomic E-state index is 12.7. The maximum atomic E-state index is 12.7. The number of rotatable bonds is 6. The summed E-state index contributed by atoms with van der Waals surface area (Å²) in [6.45, 7) is 2.96. The van der Waals surface area contributed by atoms with E-state index in [1.165, 1.54) is 19.3 Å². The number of nitrogens with zero attached hydrogens (tertiary/aromatic N) is 2. The van der Waals surface area contributed by atoms with E-state index in [0.717, 1.165) is 29.1 Å². The SMILES string of the molecule is CC1CCCCN1Cc1ccccc1CNC(=O)C1CCCN1C(=O)OCC(F)(F)F. The molecule has 2 aliphatic rings. The molecule has 1 aromatic rings. The molecule has 31 heavy (non-hydrogen) atoms. The maximum Gasteiger partial charge on any atom is 0.422 e. The molecule has 0 aliphatic carbocycles. The molecule has 2 aliphatic heterocycles. The number of hydrogen-bond donors (Lipinski definition) is 1. The number of ether oxygens (including phenoxy) is 1. The minimum atomic E-state index is -4.59. The normalized spacial score (nSPS) is 22.4. The average molecular weight is 441 g/mol. The summed E-state index contributed by atoms with van der Waals surface area (Å²) in [7, 11) is 0. The first-order valence-electron chi connectivity index (χ1n) is 10.8. The number of carbonyl (C=O) groups is 2. The largest absolute Gasteiger partial charge is 0.440 e. The second kappa shape index (κ2) is 10.3. The Balaban J connectivity index is 1.57. The molecule has 0 spiro atoms. The van der Waals surface area contributed by atoms with Gasteiger partial charge in [-0.1, -0.05) is 30.7 Å². The quantitative estimate of drug-likeness (QED) is 0.729. The highest BCUT2D eigenvalue weighted by atomic mass is 19.4. The number of piperidine rings is 1. The van der Waals surface area contributed by atoms with Crippen molar-refractivity contribution in [1.29, 1.82) is 0 Å². The highest BCUT2D eigenvalue weighted by Gasteiger charge is 2.37. The third-order valence-corrected chi connectivity index (χ3v) is 6.03. The molecule has 0 saturated carbocycles. The monoisotopic (exact) mass is 441 g/mol. The van der Waals surface area contributed by atoms with Crippen LogP contribution in [-0.4, -0.2) is 59.8 Å². The van der Waals surface area contributed by atoms with Crippen LogP contribution in [0.4, 0.5) is 18.0 Å². The Morgan fingerprint density at radius 3 is 2.55 bits per heavy atom. The van der Waals surface area contributed by atoms with E-state index in [1.54, 1.807) is 0 Å². The summed E-state index contributed by atoms with van der Waals surface area (Å²) in [5.74, 6) is -0.373. The number of hydrogen-bond acceptors (Lipinski definition) is 4. The van der Waals surface area contributed by atoms with Gasteiger partial charge >= 0.3 is 12.3 Å². The molecule has 1 aromatic carbocycles. The van der Waals surface area contributed by atoms with Crippen molar-refractivity contribution in [3.05, 3.63) is 35.4 Å². The number of alkyl halides is 3. The van der Waals surface area contributed by atoms with Gasteiger partial charge in [0.05, 0.1) is 0 Å². The second-order valence-electron chi connectivity index (χ2n) is 8.32. The molecule has 0 radical (unpaired) electrons. The van der Waals surface area contributed by atoms with E-state index in [2.05, 4.69) is 27.9 Å². The van der Waals surface area contributed by atoms with E-state index in [0.29, 0.717) is 25.4 Å². The summed E-state index contributed by atoms with van der Waals surface area (Å²) < 4.78 is 41.3. The van der Waals surface area contributed by atoms with Crippen molar-refractivity contribution < 1.29 is 27.5 Å². The van der Waals surface area contributed by atoms with Crippen LogP contribution in [0.25, 0.3) is 0 Å². The molecule has 2 fully saturated rings. The number of likely N-dealkylation sites (tertiary alicyclic amines) is 2. The van der Waals surface area contributed by atoms with E-state index in [1.807, 2.05) is 18.2 Å². The van der Waals surface area contributed by atoms with E-state index < -0.39 is 24.9 Å². The van der Waals surface area contributed by atoms with Crippen molar-refractivity contribution in [3.63, 3.8) is 0 Å². The standard InChI is InChI=1S/C22H30F3N3O3/c1-16-7-4-5-11-27(16)14-18-9-3-2-8-17(18)13-26-20(29)19-10-6-12-28(19)21(30)31-15-22(23,24)25/h2-3,8-9,16,19H,4-7,10-15H2,1H3,(H,26,29). The lowest BCUT2D eigenvalue weighted by Crippen LogP contribution is -2.46. The number of benzene rings is 1. The number of amides is 2. The first-order chi connectivity index (χ1) is 14.7. The van der Waals surface area contributed by atoms with Crippen LogP contribution >= 0.6 is 0 Å². The third kappa shape index (κ3) is 6.59. The molecule has 2 unspecified atom stereocenters. The fourth-order valence-corrected chi connectivity index (χ4v) is 4.28. The van der Waals surface area contributed by atoms with E-state index in [9.17, 15) is 22.8 Å². The van der Waals surface area contributed by atoms with Crippen LogP contribution < -0.4 is 5.32 Å². The number of nitrogens with one attached hydrogen (secondary N) is 1. The topological polar surface area (TPSA) is 61.9 Å². The molecule has 0 aromatic heterocycles. The van der Waals surface area contributed by atoms with Crippen LogP contribution in [0.2, 0.25) is 0 Å². The summed E-state index contributed by atoms with van der Waals surface area (Å²) in [5.41, 5.74) is 2.14. The van der Waals surface area contributed by atoms with Crippen LogP contribution in [-0.2, 0) is 22.6 Å². The Morgan fingerprint density at radius 2 is 1.84 bits per heavy atom. The van der Waals surface area contributed by atoms with Crippen molar-refractivity contribution >= 4 is 12.0 Å². The predicted octanol–water partition coefficient (Wildman–Crippen LogP) is 3.84. The molecule has 2 saturated heterocycles. The number of carbonyl (C=O) groups excluding carboxylic acids is 2. The molecule has 3 rings (SSSR count). The molecule has 2 amide bonds. The van der Waals surface area contributed by atoms with Gasteiger partial charge in [-0.15, -0.1) is 0 Å². The van der Waals surface area contributed by atoms with E-state index >= 15 is 0 Å². The van der Waals surface area contributed by atoms with Gasteiger partial charge in [0.1, 0.15) is 6.04 Å². The van der Waals surface area contributed by atoms with Gasteiger partial charge in [-0.05, 0) is 50.3 Å². The van der Waals surface area contributed by atoms with Crippen LogP contribution in [0.15, 0.2) is 24.3 Å². The van der Waals surface area contributed by atoms with Crippen LogP contribution in [0.3, 0.4) is 0 Å². The van der Waals surface area contributed by atoms with E-state index in [-0.39, 0.29) is 12.5 Å². The highest BCUT2D eigenvalue weighted by molar-refractivity contribution is 5.86. The van der Waals surface area contributed by atoms with Gasteiger partial charge in [0, 0.05) is 25.7 Å². The zero-order valence-electron chi connectivity index (χ0n) is 17.8. The Labute approximate surface area is 180 Å². The van der Waals surface area contributed by atoms with Gasteiger partial charge in [-0.25, -0.2) is 4.79 Å². The van der Waals surface area contributed by atoms with Crippen LogP contribution in [0, 0.1) is 0 Å². The second-order valence-corrected chi connectivity index (χ2v) is 8.32. The van der Waals surface area contributed by atoms with Gasteiger partial charge in [-0.2, -0.15) is 13.2 Å². The van der Waals surface area contributed by atoms with Crippen LogP contribution in [0.5, 0.6) is 0 Å². The van der Waals surface area contributed by atoms with Crippen molar-refractivity contribution in [2.45, 2.75) is 70.4 Å². The molecule has 172 valence electrons. The Morgan fingerprint density at radius 1 is 1.10 bits per heavy atom. The zero-order valence-corrected chi connectivity index (χ0v) is 17.8. The first-order valence-corrected chi connectivity index (χ1v) is 10.8. The molecule has 6 nitrogen and oxygen atoms in total. The lowest BCUT2D eigenvalue weighted by Gasteiger charge is -2.33. The summed E-state index contributed by atoms with van der Waals surface area (Å²) in [4.78, 5) is 28.2. The lowest BCUT2D eigenvalue weighted by molar-refractivity contribution is -0.162. The van der Waals surface area contributed by atoms with Crippen molar-refractivity contribution in [2.24, 2.45) is 0 Å². The molecule has 9 heteroatoms. The van der Waals surface area contributed by atoms with Crippen LogP contribution in [0.1, 0.15) is 50.2 Å². The lowest BCUT2D eigenvalue weighted by atomic mass is 10.0. The van der Waals surface area contributed by atoms with Crippen molar-refractivity contribution in [1.82, 2.24) is 15.1 Å². The summed E-state index contributed by atoms with van der Waals surface area (Å²) in [6, 6.07) is 7.63. The van der Waals surface area contributed by atoms with Gasteiger partial charge in [-0.3, -0.25) is 14.6 Å². The van der Waals surface area contributed by atoms with Crippen molar-refractivity contribution in [3.8, 4) is 0 Å². The minimum absolute atomic E-state index is 0.207. The summed E-state index contributed by atoms with van der Waals surface area (Å²) >= 11 is 0. The minimum Gasteiger partial charge on any atom is -0.440 e. The smallest absolute Gasteiger partial charge is 0.422 e. The Bertz CT molecular complexity index is 772. The fourth-order valence-electron chi connectivity index (χ4n) is 4.28. The van der Waals surface area contributed by atoms with Gasteiger partial charge in [0.2, 0.25) is 5.91 Å². The highest BCUT2D eigenvalue weighted by Crippen LogP contribution is 2.23. The number of halogens is 3. The molecule has 2 heterocycles. The summed E-state index contributed by atoms with van der Waals surface area (Å²) in [5, 5.41) is 2.86. The molecular weight excluding hydrogens is 411 g/mol. The molecular formula is C22H30F3N3O3. The van der Waals surface area contributed by atoms with Crippen molar-refractivity contribution in [2.75, 3.05) is 19.7 Å². The Hall–Kier alpha value is -2.29. The molecule has 2 atom stereocenters. The molecule has 1 N–H and O–H groups in total. The van der Waals surface area contributed by atoms with E-state index in [4.69, 9.17) is 0 Å². The average Bonchev–Trinajstić information content (AvgIpc) is 3.22. The molecule has 0 bridgehead atoms. The third-order valence-electron chi connectivity index (χ3n) is 6.03. The Kier molecular flexibility index (Phi) is 7.80. The fraction of sp³-hybridized carbons (Fsp3) is 0.636. The predicted molar refractivity (Wildman–Crippen MR) is 109 cm³/mol. The van der Waals surface area contributed by atoms with Gasteiger partial charge < -0.3 is 10.1 Å². The zero-order chi connectivity index (χ0) is 22.4. The van der Waals surface area contributed by atoms with Gasteiger partial charge in [0.15, 0.2) is 6.61 Å². The first kappa shape index (κ1) is 23.4. The summed E-state index contributed by atoms with van der Waals surface area (Å²) in [6.07, 6.45) is -1.13.